The van der Waals surface area contributed by atoms with Gasteiger partial charge in [0, 0.05) is 10.6 Å². The number of hydrogen-bond acceptors (Lipinski definition) is 4. The van der Waals surface area contributed by atoms with Crippen LogP contribution in [0.3, 0.4) is 0 Å². The Labute approximate surface area is 126 Å². The van der Waals surface area contributed by atoms with Crippen molar-refractivity contribution < 1.29 is 14.7 Å². The van der Waals surface area contributed by atoms with Crippen molar-refractivity contribution in [3.8, 4) is 0 Å². The van der Waals surface area contributed by atoms with Crippen LogP contribution in [0.2, 0.25) is 0 Å². The molecule has 0 aliphatic rings. The number of carbonyl (C=O) groups is 2. The Bertz CT molecular complexity index is 451. The fourth-order valence-corrected chi connectivity index (χ4v) is 2.37. The summed E-state index contributed by atoms with van der Waals surface area (Å²) in [4.78, 5) is 23.9. The summed E-state index contributed by atoms with van der Waals surface area (Å²) in [5, 5.41) is 14.1. The molecule has 0 bridgehead atoms. The number of benzene rings is 1. The Morgan fingerprint density at radius 1 is 1.25 bits per heavy atom. The van der Waals surface area contributed by atoms with Crippen molar-refractivity contribution in [2.75, 3.05) is 23.6 Å². The highest BCUT2D eigenvalue weighted by atomic mass is 32.2. The second-order valence-electron chi connectivity index (χ2n) is 4.00. The van der Waals surface area contributed by atoms with Gasteiger partial charge in [-0.2, -0.15) is 11.8 Å². The van der Waals surface area contributed by atoms with E-state index in [0.717, 1.165) is 4.90 Å². The Kier molecular flexibility index (Phi) is 7.32. The van der Waals surface area contributed by atoms with E-state index >= 15 is 0 Å². The maximum Gasteiger partial charge on any atom is 0.326 e. The van der Waals surface area contributed by atoms with Crippen molar-refractivity contribution in [1.82, 2.24) is 5.32 Å². The molecule has 20 heavy (non-hydrogen) atoms. The van der Waals surface area contributed by atoms with Gasteiger partial charge in [0.25, 0.3) is 0 Å². The van der Waals surface area contributed by atoms with Gasteiger partial charge < -0.3 is 15.7 Å². The molecule has 1 aromatic carbocycles. The average molecular weight is 314 g/mol. The van der Waals surface area contributed by atoms with Crippen LogP contribution in [-0.2, 0) is 4.79 Å². The molecule has 0 unspecified atom stereocenters. The molecule has 5 nitrogen and oxygen atoms in total. The van der Waals surface area contributed by atoms with E-state index in [2.05, 4.69) is 10.6 Å². The lowest BCUT2D eigenvalue weighted by molar-refractivity contribution is -0.139. The molecule has 0 heterocycles. The lowest BCUT2D eigenvalue weighted by Gasteiger charge is -2.14. The van der Waals surface area contributed by atoms with E-state index in [1.54, 1.807) is 35.7 Å². The maximum atomic E-state index is 11.7. The third-order valence-electron chi connectivity index (χ3n) is 2.56. The fourth-order valence-electron chi connectivity index (χ4n) is 1.49. The molecular formula is C13H18N2O3S2. The van der Waals surface area contributed by atoms with Crippen LogP contribution in [0, 0.1) is 0 Å². The number of thioether (sulfide) groups is 2. The summed E-state index contributed by atoms with van der Waals surface area (Å²) in [7, 11) is 0. The second-order valence-corrected chi connectivity index (χ2v) is 5.86. The lowest BCUT2D eigenvalue weighted by atomic mass is 10.2. The van der Waals surface area contributed by atoms with Gasteiger partial charge in [0.2, 0.25) is 0 Å². The zero-order valence-electron chi connectivity index (χ0n) is 11.4. The molecule has 1 rings (SSSR count). The third kappa shape index (κ3) is 5.75. The van der Waals surface area contributed by atoms with Crippen LogP contribution in [0.5, 0.6) is 0 Å². The van der Waals surface area contributed by atoms with Gasteiger partial charge in [0.1, 0.15) is 6.04 Å². The van der Waals surface area contributed by atoms with Crippen LogP contribution in [0.4, 0.5) is 10.5 Å². The van der Waals surface area contributed by atoms with Gasteiger partial charge in [-0.3, -0.25) is 0 Å². The second kappa shape index (κ2) is 8.76. The van der Waals surface area contributed by atoms with Crippen LogP contribution in [0.15, 0.2) is 29.2 Å². The zero-order valence-corrected chi connectivity index (χ0v) is 13.0. The van der Waals surface area contributed by atoms with Crippen molar-refractivity contribution in [2.24, 2.45) is 0 Å². The molecular weight excluding hydrogens is 296 g/mol. The molecule has 0 saturated heterocycles. The number of aliphatic carboxylic acids is 1. The minimum atomic E-state index is -1.02. The van der Waals surface area contributed by atoms with Gasteiger partial charge in [-0.15, -0.1) is 11.8 Å². The number of carboxylic acids is 1. The van der Waals surface area contributed by atoms with E-state index in [1.807, 2.05) is 24.6 Å². The number of carboxylic acid groups (broad SMARTS) is 1. The number of anilines is 1. The molecule has 7 heteroatoms. The Balaban J connectivity index is 2.53. The number of urea groups is 1. The Hall–Kier alpha value is -1.34. The smallest absolute Gasteiger partial charge is 0.326 e. The Morgan fingerprint density at radius 2 is 1.90 bits per heavy atom. The monoisotopic (exact) mass is 314 g/mol. The maximum absolute atomic E-state index is 11.7. The molecule has 0 spiro atoms. The highest BCUT2D eigenvalue weighted by molar-refractivity contribution is 7.98. The number of hydrogen-bond donors (Lipinski definition) is 3. The minimum absolute atomic E-state index is 0.398. The summed E-state index contributed by atoms with van der Waals surface area (Å²) in [6.07, 6.45) is 4.26. The number of rotatable bonds is 7. The molecule has 0 radical (unpaired) electrons. The van der Waals surface area contributed by atoms with E-state index < -0.39 is 18.0 Å². The predicted octanol–water partition coefficient (Wildman–Crippen LogP) is 2.74. The van der Waals surface area contributed by atoms with Crippen molar-refractivity contribution in [1.29, 1.82) is 0 Å². The van der Waals surface area contributed by atoms with Gasteiger partial charge >= 0.3 is 12.0 Å². The van der Waals surface area contributed by atoms with Gasteiger partial charge in [-0.05, 0) is 49.0 Å². The fraction of sp³-hybridized carbons (Fsp3) is 0.385. The predicted molar refractivity (Wildman–Crippen MR) is 84.8 cm³/mol. The number of carbonyl (C=O) groups excluding carboxylic acids is 1. The normalized spacial score (nSPS) is 11.7. The average Bonchev–Trinajstić information content (AvgIpc) is 2.44. The summed E-state index contributed by atoms with van der Waals surface area (Å²) in [5.74, 6) is -0.341. The van der Waals surface area contributed by atoms with E-state index in [4.69, 9.17) is 5.11 Å². The standard InChI is InChI=1S/C13H18N2O3S2/c1-19-8-7-11(12(16)17)15-13(18)14-9-3-5-10(20-2)6-4-9/h3-6,11H,7-8H2,1-2H3,(H,16,17)(H2,14,15,18)/t11-/m0/s1. The van der Waals surface area contributed by atoms with Gasteiger partial charge in [0.05, 0.1) is 0 Å². The van der Waals surface area contributed by atoms with Gasteiger partial charge in [-0.25, -0.2) is 9.59 Å². The van der Waals surface area contributed by atoms with Crippen LogP contribution >= 0.6 is 23.5 Å². The molecule has 1 aromatic rings. The molecule has 2 amide bonds. The highest BCUT2D eigenvalue weighted by Crippen LogP contribution is 2.17. The SMILES string of the molecule is CSCC[C@H](NC(=O)Nc1ccc(SC)cc1)C(=O)O. The van der Waals surface area contributed by atoms with Crippen molar-refractivity contribution >= 4 is 41.2 Å². The molecule has 0 aliphatic carbocycles. The first-order valence-electron chi connectivity index (χ1n) is 6.00. The van der Waals surface area contributed by atoms with Crippen molar-refractivity contribution in [2.45, 2.75) is 17.4 Å². The zero-order chi connectivity index (χ0) is 15.0. The molecule has 0 aromatic heterocycles. The first-order chi connectivity index (χ1) is 9.56. The first-order valence-corrected chi connectivity index (χ1v) is 8.62. The molecule has 110 valence electrons. The first kappa shape index (κ1) is 16.7. The number of amides is 2. The van der Waals surface area contributed by atoms with E-state index in [-0.39, 0.29) is 0 Å². The summed E-state index contributed by atoms with van der Waals surface area (Å²) in [6, 6.07) is 5.97. The quantitative estimate of drug-likeness (QED) is 0.675. The van der Waals surface area contributed by atoms with Gasteiger partial charge in [0.15, 0.2) is 0 Å². The van der Waals surface area contributed by atoms with E-state index in [9.17, 15) is 9.59 Å². The van der Waals surface area contributed by atoms with Crippen LogP contribution in [0.25, 0.3) is 0 Å². The van der Waals surface area contributed by atoms with Crippen molar-refractivity contribution in [3.63, 3.8) is 0 Å². The molecule has 0 saturated carbocycles. The largest absolute Gasteiger partial charge is 0.480 e. The van der Waals surface area contributed by atoms with Crippen LogP contribution in [0.1, 0.15) is 6.42 Å². The Morgan fingerprint density at radius 3 is 2.40 bits per heavy atom. The highest BCUT2D eigenvalue weighted by Gasteiger charge is 2.19. The minimum Gasteiger partial charge on any atom is -0.480 e. The summed E-state index contributed by atoms with van der Waals surface area (Å²) in [6.45, 7) is 0. The molecule has 0 aliphatic heterocycles. The lowest BCUT2D eigenvalue weighted by Crippen LogP contribution is -2.43. The third-order valence-corrected chi connectivity index (χ3v) is 3.95. The summed E-state index contributed by atoms with van der Waals surface area (Å²) >= 11 is 3.16. The summed E-state index contributed by atoms with van der Waals surface area (Å²) < 4.78 is 0. The van der Waals surface area contributed by atoms with Crippen LogP contribution < -0.4 is 10.6 Å². The molecule has 1 atom stereocenters. The van der Waals surface area contributed by atoms with Crippen molar-refractivity contribution in [3.05, 3.63) is 24.3 Å². The summed E-state index contributed by atoms with van der Waals surface area (Å²) in [5.41, 5.74) is 0.634. The van der Waals surface area contributed by atoms with Crippen LogP contribution in [-0.4, -0.2) is 41.4 Å². The van der Waals surface area contributed by atoms with E-state index in [1.165, 1.54) is 0 Å². The topological polar surface area (TPSA) is 78.4 Å². The van der Waals surface area contributed by atoms with Gasteiger partial charge in [-0.1, -0.05) is 0 Å². The molecule has 0 fully saturated rings. The van der Waals surface area contributed by atoms with E-state index in [0.29, 0.717) is 17.9 Å². The number of nitrogens with one attached hydrogen (secondary N) is 2. The molecule has 3 N–H and O–H groups in total.